The van der Waals surface area contributed by atoms with E-state index in [0.717, 1.165) is 5.56 Å². The molecule has 3 nitrogen and oxygen atoms in total. The fourth-order valence-electron chi connectivity index (χ4n) is 6.59. The third kappa shape index (κ3) is 2.53. The maximum absolute atomic E-state index is 9.96. The second-order valence-electron chi connectivity index (χ2n) is 9.50. The molecule has 1 aliphatic carbocycles. The highest BCUT2D eigenvalue weighted by Gasteiger charge is 2.51. The lowest BCUT2D eigenvalue weighted by Crippen LogP contribution is -2.42. The summed E-state index contributed by atoms with van der Waals surface area (Å²) in [5, 5.41) is 9.96. The number of fused-ring (bicyclic) bond motifs is 8. The van der Waals surface area contributed by atoms with Gasteiger partial charge in [-0.05, 0) is 51.6 Å². The smallest absolute Gasteiger partial charge is 0.144 e. The fourth-order valence-corrected chi connectivity index (χ4v) is 6.59. The van der Waals surface area contributed by atoms with Gasteiger partial charge in [0.2, 0.25) is 0 Å². The maximum Gasteiger partial charge on any atom is 0.144 e. The predicted molar refractivity (Wildman–Crippen MR) is 143 cm³/mol. The van der Waals surface area contributed by atoms with Crippen molar-refractivity contribution in [2.75, 3.05) is 11.9 Å². The van der Waals surface area contributed by atoms with Crippen molar-refractivity contribution >= 4 is 11.4 Å². The number of pyridine rings is 1. The normalized spacial score (nSPS) is 14.8. The number of nitrogens with zero attached hydrogens (tertiary/aromatic N) is 3. The number of anilines is 2. The van der Waals surface area contributed by atoms with Crippen molar-refractivity contribution in [3.8, 4) is 6.07 Å². The summed E-state index contributed by atoms with van der Waals surface area (Å²) in [5.74, 6) is -0.0784. The van der Waals surface area contributed by atoms with Crippen LogP contribution < -0.4 is 4.90 Å². The standard InChI is InChI=1S/C33H23N3/c1-36-30-18-8-6-16-27(30)33(28-17-7-9-19-31(28)36)25-14-4-2-11-22(25)32(23-12-3-5-15-26(23)33)24-13-10-20-35-29(24)21-34/h2-20,32H,1H3. The second kappa shape index (κ2) is 7.66. The van der Waals surface area contributed by atoms with Gasteiger partial charge < -0.3 is 4.90 Å². The first kappa shape index (κ1) is 20.7. The highest BCUT2D eigenvalue weighted by Crippen LogP contribution is 2.61. The Labute approximate surface area is 210 Å². The first-order valence-electron chi connectivity index (χ1n) is 12.2. The molecule has 0 fully saturated rings. The Morgan fingerprint density at radius 3 is 1.67 bits per heavy atom. The first-order valence-corrected chi connectivity index (χ1v) is 12.2. The Hall–Kier alpha value is -4.68. The number of para-hydroxylation sites is 2. The Bertz CT molecular complexity index is 1600. The van der Waals surface area contributed by atoms with Gasteiger partial charge in [-0.15, -0.1) is 0 Å². The zero-order chi connectivity index (χ0) is 24.3. The van der Waals surface area contributed by atoms with Crippen LogP contribution in [0.25, 0.3) is 0 Å². The molecule has 0 amide bonds. The van der Waals surface area contributed by atoms with Crippen molar-refractivity contribution in [1.29, 1.82) is 5.26 Å². The molecule has 0 bridgehead atoms. The van der Waals surface area contributed by atoms with Crippen LogP contribution in [0.15, 0.2) is 115 Å². The lowest BCUT2D eigenvalue weighted by molar-refractivity contribution is 0.669. The molecule has 0 saturated carbocycles. The molecule has 7 rings (SSSR count). The van der Waals surface area contributed by atoms with E-state index in [1.165, 1.54) is 44.8 Å². The van der Waals surface area contributed by atoms with Gasteiger partial charge in [0.25, 0.3) is 0 Å². The molecular formula is C33H23N3. The molecule has 1 spiro atoms. The average molecular weight is 462 g/mol. The van der Waals surface area contributed by atoms with Gasteiger partial charge in [-0.25, -0.2) is 4.98 Å². The molecular weight excluding hydrogens is 438 g/mol. The second-order valence-corrected chi connectivity index (χ2v) is 9.50. The molecule has 0 N–H and O–H groups in total. The van der Waals surface area contributed by atoms with Crippen molar-refractivity contribution in [2.45, 2.75) is 11.3 Å². The van der Waals surface area contributed by atoms with Crippen LogP contribution in [-0.4, -0.2) is 12.0 Å². The highest BCUT2D eigenvalue weighted by atomic mass is 15.1. The number of nitriles is 1. The molecule has 1 aromatic heterocycles. The lowest BCUT2D eigenvalue weighted by Gasteiger charge is -2.50. The van der Waals surface area contributed by atoms with Gasteiger partial charge in [0.1, 0.15) is 11.8 Å². The lowest BCUT2D eigenvalue weighted by atomic mass is 9.55. The van der Waals surface area contributed by atoms with Gasteiger partial charge in [0.15, 0.2) is 0 Å². The van der Waals surface area contributed by atoms with Crippen LogP contribution in [0.5, 0.6) is 0 Å². The summed E-state index contributed by atoms with van der Waals surface area (Å²) in [6.07, 6.45) is 1.70. The first-order chi connectivity index (χ1) is 17.8. The van der Waals surface area contributed by atoms with Crippen molar-refractivity contribution < 1.29 is 0 Å². The van der Waals surface area contributed by atoms with E-state index in [9.17, 15) is 5.26 Å². The van der Waals surface area contributed by atoms with E-state index in [2.05, 4.69) is 126 Å². The SMILES string of the molecule is CN1c2ccccc2C2(c3ccccc3C(c3cccnc3C#N)c3ccccc32)c2ccccc21. The predicted octanol–water partition coefficient (Wildman–Crippen LogP) is 6.91. The van der Waals surface area contributed by atoms with Gasteiger partial charge in [-0.1, -0.05) is 91.0 Å². The van der Waals surface area contributed by atoms with Gasteiger partial charge in [0.05, 0.1) is 5.41 Å². The van der Waals surface area contributed by atoms with Crippen LogP contribution >= 0.6 is 0 Å². The Kier molecular flexibility index (Phi) is 4.40. The molecule has 1 aliphatic heterocycles. The number of hydrogen-bond acceptors (Lipinski definition) is 3. The topological polar surface area (TPSA) is 39.9 Å². The molecule has 0 unspecified atom stereocenters. The Morgan fingerprint density at radius 1 is 0.639 bits per heavy atom. The summed E-state index contributed by atoms with van der Waals surface area (Å²) < 4.78 is 0. The van der Waals surface area contributed by atoms with E-state index >= 15 is 0 Å². The number of rotatable bonds is 1. The molecule has 2 heterocycles. The minimum atomic E-state index is -0.474. The summed E-state index contributed by atoms with van der Waals surface area (Å²) in [6, 6.07) is 41.4. The summed E-state index contributed by atoms with van der Waals surface area (Å²) in [4.78, 5) is 6.74. The van der Waals surface area contributed by atoms with E-state index < -0.39 is 5.41 Å². The third-order valence-electron chi connectivity index (χ3n) is 7.95. The Morgan fingerprint density at radius 2 is 1.11 bits per heavy atom. The largest absolute Gasteiger partial charge is 0.344 e. The van der Waals surface area contributed by atoms with Crippen molar-refractivity contribution in [3.63, 3.8) is 0 Å². The molecule has 4 aromatic carbocycles. The number of hydrogen-bond donors (Lipinski definition) is 0. The fraction of sp³-hybridized carbons (Fsp3) is 0.0909. The van der Waals surface area contributed by atoms with E-state index in [4.69, 9.17) is 0 Å². The maximum atomic E-state index is 9.96. The molecule has 0 radical (unpaired) electrons. The van der Waals surface area contributed by atoms with E-state index in [-0.39, 0.29) is 5.92 Å². The van der Waals surface area contributed by atoms with E-state index in [1.807, 2.05) is 6.07 Å². The minimum absolute atomic E-state index is 0.0784. The summed E-state index contributed by atoms with van der Waals surface area (Å²) in [5.41, 5.74) is 10.9. The molecule has 5 aromatic rings. The summed E-state index contributed by atoms with van der Waals surface area (Å²) in [6.45, 7) is 0. The van der Waals surface area contributed by atoms with Crippen LogP contribution in [0, 0.1) is 11.3 Å². The molecule has 0 atom stereocenters. The van der Waals surface area contributed by atoms with Crippen LogP contribution in [0.3, 0.4) is 0 Å². The molecule has 3 heteroatoms. The van der Waals surface area contributed by atoms with Crippen molar-refractivity contribution in [1.82, 2.24) is 4.98 Å². The molecule has 0 saturated heterocycles. The Balaban J connectivity index is 1.67. The zero-order valence-electron chi connectivity index (χ0n) is 19.9. The third-order valence-corrected chi connectivity index (χ3v) is 7.95. The van der Waals surface area contributed by atoms with Crippen molar-refractivity contribution in [2.24, 2.45) is 0 Å². The monoisotopic (exact) mass is 461 g/mol. The van der Waals surface area contributed by atoms with E-state index in [0.29, 0.717) is 5.69 Å². The van der Waals surface area contributed by atoms with Crippen LogP contribution in [0.1, 0.15) is 50.6 Å². The van der Waals surface area contributed by atoms with Crippen LogP contribution in [0.2, 0.25) is 0 Å². The van der Waals surface area contributed by atoms with Crippen LogP contribution in [-0.2, 0) is 5.41 Å². The zero-order valence-corrected chi connectivity index (χ0v) is 19.9. The van der Waals surface area contributed by atoms with Gasteiger partial charge in [0, 0.05) is 36.1 Å². The van der Waals surface area contributed by atoms with Crippen LogP contribution in [0.4, 0.5) is 11.4 Å². The summed E-state index contributed by atoms with van der Waals surface area (Å²) >= 11 is 0. The van der Waals surface area contributed by atoms with Gasteiger partial charge in [-0.2, -0.15) is 5.26 Å². The average Bonchev–Trinajstić information content (AvgIpc) is 2.95. The molecule has 170 valence electrons. The molecule has 2 aliphatic rings. The molecule has 36 heavy (non-hydrogen) atoms. The van der Waals surface area contributed by atoms with Crippen molar-refractivity contribution in [3.05, 3.63) is 160 Å². The van der Waals surface area contributed by atoms with Gasteiger partial charge in [-0.3, -0.25) is 0 Å². The number of benzene rings is 4. The highest BCUT2D eigenvalue weighted by molar-refractivity contribution is 5.85. The van der Waals surface area contributed by atoms with Gasteiger partial charge >= 0.3 is 0 Å². The van der Waals surface area contributed by atoms with E-state index in [1.54, 1.807) is 6.20 Å². The summed E-state index contributed by atoms with van der Waals surface area (Å²) in [7, 11) is 2.16. The number of aromatic nitrogens is 1. The minimum Gasteiger partial charge on any atom is -0.344 e. The quantitative estimate of drug-likeness (QED) is 0.267.